The van der Waals surface area contributed by atoms with E-state index in [0.717, 1.165) is 48.8 Å². The van der Waals surface area contributed by atoms with Gasteiger partial charge in [0.25, 0.3) is 0 Å². The summed E-state index contributed by atoms with van der Waals surface area (Å²) in [6, 6.07) is 6.08. The Morgan fingerprint density at radius 1 is 0.909 bits per heavy atom. The molecule has 6 nitrogen and oxygen atoms in total. The molecule has 1 aliphatic heterocycles. The van der Waals surface area contributed by atoms with Gasteiger partial charge in [-0.1, -0.05) is 0 Å². The number of hydrogen-bond donors (Lipinski definition) is 0. The number of fused-ring (bicyclic) bond motifs is 1. The van der Waals surface area contributed by atoms with Gasteiger partial charge in [0.15, 0.2) is 5.65 Å². The van der Waals surface area contributed by atoms with Crippen LogP contribution in [0.3, 0.4) is 0 Å². The molecule has 112 valence electrons. The van der Waals surface area contributed by atoms with Gasteiger partial charge in [-0.3, -0.25) is 0 Å². The third-order valence-electron chi connectivity index (χ3n) is 4.16. The van der Waals surface area contributed by atoms with Crippen molar-refractivity contribution in [3.63, 3.8) is 0 Å². The maximum Gasteiger partial charge on any atom is 0.154 e. The van der Waals surface area contributed by atoms with Crippen LogP contribution in [0.4, 0.5) is 5.82 Å². The minimum absolute atomic E-state index is 0.853. The third-order valence-corrected chi connectivity index (χ3v) is 4.16. The van der Waals surface area contributed by atoms with Gasteiger partial charge in [0.2, 0.25) is 0 Å². The number of nitrogens with zero attached hydrogens (tertiary/aromatic N) is 6. The molecule has 0 atom stereocenters. The molecule has 3 aromatic rings. The monoisotopic (exact) mass is 294 g/mol. The normalized spacial score (nSPS) is 16.3. The number of likely N-dealkylation sites (N-methyl/N-ethyl adjacent to an activating group) is 1. The summed E-state index contributed by atoms with van der Waals surface area (Å²) >= 11 is 0. The highest BCUT2D eigenvalue weighted by molar-refractivity contribution is 5.63. The van der Waals surface area contributed by atoms with Crippen LogP contribution in [-0.2, 0) is 0 Å². The van der Waals surface area contributed by atoms with Crippen LogP contribution in [0.25, 0.3) is 16.8 Å². The molecular formula is C16H18N6. The Morgan fingerprint density at radius 3 is 2.50 bits per heavy atom. The molecule has 3 aromatic heterocycles. The zero-order chi connectivity index (χ0) is 14.9. The van der Waals surface area contributed by atoms with E-state index in [1.807, 2.05) is 24.7 Å². The van der Waals surface area contributed by atoms with Gasteiger partial charge in [-0.15, -0.1) is 0 Å². The Balaban J connectivity index is 1.58. The van der Waals surface area contributed by atoms with Gasteiger partial charge < -0.3 is 9.80 Å². The Labute approximate surface area is 129 Å². The van der Waals surface area contributed by atoms with Gasteiger partial charge in [-0.05, 0) is 19.2 Å². The number of piperazine rings is 1. The minimum atomic E-state index is 0.853. The maximum atomic E-state index is 4.62. The highest BCUT2D eigenvalue weighted by atomic mass is 15.3. The summed E-state index contributed by atoms with van der Waals surface area (Å²) in [6.45, 7) is 4.24. The van der Waals surface area contributed by atoms with Crippen molar-refractivity contribution in [2.45, 2.75) is 0 Å². The molecule has 0 aliphatic carbocycles. The summed E-state index contributed by atoms with van der Waals surface area (Å²) in [6.07, 6.45) is 7.51. The van der Waals surface area contributed by atoms with Gasteiger partial charge in [0, 0.05) is 62.0 Å². The van der Waals surface area contributed by atoms with E-state index < -0.39 is 0 Å². The summed E-state index contributed by atoms with van der Waals surface area (Å²) < 4.78 is 1.78. The van der Waals surface area contributed by atoms with E-state index in [2.05, 4.69) is 44.0 Å². The molecule has 0 N–H and O–H groups in total. The van der Waals surface area contributed by atoms with Crippen LogP contribution in [-0.4, -0.2) is 57.7 Å². The summed E-state index contributed by atoms with van der Waals surface area (Å²) in [5, 5.41) is 4.22. The molecule has 0 aromatic carbocycles. The van der Waals surface area contributed by atoms with Gasteiger partial charge in [0.1, 0.15) is 5.82 Å². The van der Waals surface area contributed by atoms with Crippen molar-refractivity contribution in [1.29, 1.82) is 0 Å². The lowest BCUT2D eigenvalue weighted by atomic mass is 10.1. The predicted octanol–water partition coefficient (Wildman–Crippen LogP) is 1.54. The Morgan fingerprint density at radius 2 is 1.73 bits per heavy atom. The van der Waals surface area contributed by atoms with E-state index in [0.29, 0.717) is 0 Å². The summed E-state index contributed by atoms with van der Waals surface area (Å²) in [5.74, 6) is 1.05. The zero-order valence-electron chi connectivity index (χ0n) is 12.6. The first kappa shape index (κ1) is 13.2. The number of hydrogen-bond acceptors (Lipinski definition) is 5. The van der Waals surface area contributed by atoms with Crippen LogP contribution in [0, 0.1) is 0 Å². The van der Waals surface area contributed by atoms with E-state index in [9.17, 15) is 0 Å². The quantitative estimate of drug-likeness (QED) is 0.717. The third kappa shape index (κ3) is 2.42. The first-order valence-corrected chi connectivity index (χ1v) is 7.49. The molecule has 0 unspecified atom stereocenters. The molecule has 0 amide bonds. The minimum Gasteiger partial charge on any atom is -0.354 e. The molecule has 0 saturated carbocycles. The molecule has 0 spiro atoms. The van der Waals surface area contributed by atoms with Crippen LogP contribution in [0.1, 0.15) is 0 Å². The lowest BCUT2D eigenvalue weighted by molar-refractivity contribution is 0.312. The number of pyridine rings is 1. The van der Waals surface area contributed by atoms with Crippen molar-refractivity contribution in [2.24, 2.45) is 0 Å². The largest absolute Gasteiger partial charge is 0.354 e. The smallest absolute Gasteiger partial charge is 0.154 e. The van der Waals surface area contributed by atoms with E-state index in [4.69, 9.17) is 0 Å². The molecule has 1 saturated heterocycles. The summed E-state index contributed by atoms with van der Waals surface area (Å²) in [5.41, 5.74) is 2.93. The van der Waals surface area contributed by atoms with E-state index >= 15 is 0 Å². The lowest BCUT2D eigenvalue weighted by Gasteiger charge is -2.33. The number of anilines is 1. The SMILES string of the molecule is CN1CCN(c2ccc(-c3cnc4ccnn4c3)cn2)CC1. The van der Waals surface area contributed by atoms with Crippen LogP contribution >= 0.6 is 0 Å². The van der Waals surface area contributed by atoms with E-state index in [1.54, 1.807) is 10.7 Å². The molecule has 4 rings (SSSR count). The van der Waals surface area contributed by atoms with Gasteiger partial charge >= 0.3 is 0 Å². The Bertz CT molecular complexity index is 771. The van der Waals surface area contributed by atoms with Crippen molar-refractivity contribution in [2.75, 3.05) is 38.1 Å². The molecular weight excluding hydrogens is 276 g/mol. The summed E-state index contributed by atoms with van der Waals surface area (Å²) in [4.78, 5) is 13.7. The fourth-order valence-electron chi connectivity index (χ4n) is 2.74. The van der Waals surface area contributed by atoms with Crippen molar-refractivity contribution in [1.82, 2.24) is 24.5 Å². The van der Waals surface area contributed by atoms with Crippen LogP contribution in [0.15, 0.2) is 43.0 Å². The maximum absolute atomic E-state index is 4.62. The van der Waals surface area contributed by atoms with Gasteiger partial charge in [0.05, 0.1) is 6.20 Å². The standard InChI is InChI=1S/C16H18N6/c1-20-6-8-21(9-7-20)15-3-2-13(10-17-15)14-11-18-16-4-5-19-22(16)12-14/h2-5,10-12H,6-9H2,1H3. The fourth-order valence-corrected chi connectivity index (χ4v) is 2.74. The first-order chi connectivity index (χ1) is 10.8. The Hall–Kier alpha value is -2.47. The average molecular weight is 294 g/mol. The van der Waals surface area contributed by atoms with Crippen LogP contribution in [0.5, 0.6) is 0 Å². The average Bonchev–Trinajstić information content (AvgIpc) is 3.03. The van der Waals surface area contributed by atoms with Crippen molar-refractivity contribution >= 4 is 11.5 Å². The number of rotatable bonds is 2. The predicted molar refractivity (Wildman–Crippen MR) is 85.9 cm³/mol. The van der Waals surface area contributed by atoms with Gasteiger partial charge in [-0.2, -0.15) is 5.10 Å². The number of aromatic nitrogens is 4. The van der Waals surface area contributed by atoms with E-state index in [-0.39, 0.29) is 0 Å². The molecule has 1 aliphatic rings. The Kier molecular flexibility index (Phi) is 3.23. The topological polar surface area (TPSA) is 49.6 Å². The van der Waals surface area contributed by atoms with Gasteiger partial charge in [-0.25, -0.2) is 14.5 Å². The van der Waals surface area contributed by atoms with Crippen LogP contribution < -0.4 is 4.90 Å². The second-order valence-electron chi connectivity index (χ2n) is 5.67. The second kappa shape index (κ2) is 5.38. The first-order valence-electron chi connectivity index (χ1n) is 7.49. The molecule has 6 heteroatoms. The zero-order valence-corrected chi connectivity index (χ0v) is 12.6. The molecule has 22 heavy (non-hydrogen) atoms. The van der Waals surface area contributed by atoms with Crippen LogP contribution in [0.2, 0.25) is 0 Å². The van der Waals surface area contributed by atoms with E-state index in [1.165, 1.54) is 0 Å². The fraction of sp³-hybridized carbons (Fsp3) is 0.312. The summed E-state index contributed by atoms with van der Waals surface area (Å²) in [7, 11) is 2.16. The van der Waals surface area contributed by atoms with Crippen molar-refractivity contribution < 1.29 is 0 Å². The lowest BCUT2D eigenvalue weighted by Crippen LogP contribution is -2.44. The highest BCUT2D eigenvalue weighted by Crippen LogP contribution is 2.21. The molecule has 1 fully saturated rings. The second-order valence-corrected chi connectivity index (χ2v) is 5.67. The van der Waals surface area contributed by atoms with Crippen molar-refractivity contribution in [3.8, 4) is 11.1 Å². The molecule has 4 heterocycles. The highest BCUT2D eigenvalue weighted by Gasteiger charge is 2.15. The van der Waals surface area contributed by atoms with Crippen molar-refractivity contribution in [3.05, 3.63) is 43.0 Å². The molecule has 0 bridgehead atoms. The molecule has 0 radical (unpaired) electrons.